The summed E-state index contributed by atoms with van der Waals surface area (Å²) in [5.74, 6) is 0. The molecule has 9 heteroatoms. The number of benzene rings is 1. The van der Waals surface area contributed by atoms with E-state index in [0.29, 0.717) is 0 Å². The topological polar surface area (TPSA) is 68.0 Å². The first-order chi connectivity index (χ1) is 9.29. The first-order valence-electron chi connectivity index (χ1n) is 5.52. The molecule has 1 aromatic carbocycles. The van der Waals surface area contributed by atoms with Crippen molar-refractivity contribution in [1.29, 1.82) is 0 Å². The summed E-state index contributed by atoms with van der Waals surface area (Å²) in [7, 11) is 1.47. The Kier molecular flexibility index (Phi) is 3.62. The van der Waals surface area contributed by atoms with Gasteiger partial charge in [0.2, 0.25) is 0 Å². The van der Waals surface area contributed by atoms with E-state index in [0.717, 1.165) is 12.1 Å². The van der Waals surface area contributed by atoms with E-state index in [1.165, 1.54) is 24.2 Å². The average Bonchev–Trinajstić information content (AvgIpc) is 2.37. The Balaban J connectivity index is 2.38. The number of hydrogen-bond donors (Lipinski definition) is 0. The van der Waals surface area contributed by atoms with Crippen LogP contribution in [0, 0.1) is 10.1 Å². The van der Waals surface area contributed by atoms with Gasteiger partial charge in [-0.2, -0.15) is 18.3 Å². The van der Waals surface area contributed by atoms with Gasteiger partial charge in [0.15, 0.2) is 6.10 Å². The van der Waals surface area contributed by atoms with E-state index >= 15 is 0 Å². The molecule has 1 heterocycles. The number of nitro groups is 1. The number of alkyl halides is 3. The molecule has 0 spiro atoms. The number of ether oxygens (including phenoxy) is 1. The lowest BCUT2D eigenvalue weighted by Gasteiger charge is -2.30. The fraction of sp³-hybridized carbons (Fsp3) is 0.364. The summed E-state index contributed by atoms with van der Waals surface area (Å²) in [6.45, 7) is -0.277. The van der Waals surface area contributed by atoms with Crippen LogP contribution in [-0.2, 0) is 4.74 Å². The summed E-state index contributed by atoms with van der Waals surface area (Å²) in [5.41, 5.74) is -0.395. The van der Waals surface area contributed by atoms with Gasteiger partial charge in [-0.25, -0.2) is 0 Å². The van der Waals surface area contributed by atoms with E-state index in [4.69, 9.17) is 4.74 Å². The van der Waals surface area contributed by atoms with Crippen LogP contribution in [-0.4, -0.2) is 41.7 Å². The quantitative estimate of drug-likeness (QED) is 0.618. The van der Waals surface area contributed by atoms with Crippen LogP contribution >= 0.6 is 0 Å². The summed E-state index contributed by atoms with van der Waals surface area (Å²) in [4.78, 5) is 9.90. The maximum absolute atomic E-state index is 12.9. The van der Waals surface area contributed by atoms with Crippen LogP contribution in [0.2, 0.25) is 0 Å². The minimum atomic E-state index is -4.60. The van der Waals surface area contributed by atoms with E-state index in [1.807, 2.05) is 0 Å². The van der Waals surface area contributed by atoms with Gasteiger partial charge in [-0.3, -0.25) is 15.1 Å². The zero-order chi connectivity index (χ0) is 14.9. The fourth-order valence-corrected chi connectivity index (χ4v) is 1.74. The van der Waals surface area contributed by atoms with Crippen LogP contribution in [0.1, 0.15) is 5.56 Å². The van der Waals surface area contributed by atoms with Crippen LogP contribution in [0.4, 0.5) is 18.9 Å². The van der Waals surface area contributed by atoms with Crippen molar-refractivity contribution in [2.45, 2.75) is 12.3 Å². The van der Waals surface area contributed by atoms with Crippen molar-refractivity contribution in [3.63, 3.8) is 0 Å². The number of rotatable bonds is 2. The second kappa shape index (κ2) is 5.08. The number of halogens is 3. The standard InChI is InChI=1S/C11H10F3N3O3/c1-16-6-20-10(11(12,13)14)9(15-16)7-2-4-8(5-3-7)17(18)19/h2-5,10H,6H2,1H3. The van der Waals surface area contributed by atoms with Crippen LogP contribution in [0.25, 0.3) is 0 Å². The Morgan fingerprint density at radius 3 is 2.50 bits per heavy atom. The van der Waals surface area contributed by atoms with Crippen molar-refractivity contribution in [2.75, 3.05) is 13.8 Å². The van der Waals surface area contributed by atoms with Crippen molar-refractivity contribution in [3.05, 3.63) is 39.9 Å². The summed E-state index contributed by atoms with van der Waals surface area (Å²) in [6.07, 6.45) is -6.73. The Labute approximate surface area is 111 Å². The van der Waals surface area contributed by atoms with Crippen LogP contribution in [0.5, 0.6) is 0 Å². The zero-order valence-electron chi connectivity index (χ0n) is 10.3. The smallest absolute Gasteiger partial charge is 0.340 e. The van der Waals surface area contributed by atoms with E-state index in [9.17, 15) is 23.3 Å². The van der Waals surface area contributed by atoms with Gasteiger partial charge in [0.1, 0.15) is 12.4 Å². The predicted molar refractivity (Wildman–Crippen MR) is 63.2 cm³/mol. The molecule has 1 aliphatic rings. The van der Waals surface area contributed by atoms with Gasteiger partial charge >= 0.3 is 6.18 Å². The van der Waals surface area contributed by atoms with Crippen molar-refractivity contribution < 1.29 is 22.8 Å². The lowest BCUT2D eigenvalue weighted by Crippen LogP contribution is -2.45. The minimum absolute atomic E-state index is 0.129. The van der Waals surface area contributed by atoms with Gasteiger partial charge in [-0.15, -0.1) is 0 Å². The highest BCUT2D eigenvalue weighted by Crippen LogP contribution is 2.29. The molecular weight excluding hydrogens is 279 g/mol. The first kappa shape index (κ1) is 14.3. The third-order valence-corrected chi connectivity index (χ3v) is 2.63. The molecule has 0 N–H and O–H groups in total. The first-order valence-corrected chi connectivity index (χ1v) is 5.52. The summed E-state index contributed by atoms with van der Waals surface area (Å²) >= 11 is 0. The van der Waals surface area contributed by atoms with Gasteiger partial charge in [-0.05, 0) is 12.1 Å². The Bertz CT molecular complexity index is 542. The van der Waals surface area contributed by atoms with E-state index in [1.54, 1.807) is 0 Å². The fourth-order valence-electron chi connectivity index (χ4n) is 1.74. The molecule has 2 rings (SSSR count). The molecule has 1 aliphatic heterocycles. The van der Waals surface area contributed by atoms with Gasteiger partial charge in [-0.1, -0.05) is 0 Å². The highest BCUT2D eigenvalue weighted by atomic mass is 19.4. The normalized spacial score (nSPS) is 19.7. The molecule has 0 saturated carbocycles. The number of non-ortho nitro benzene ring substituents is 1. The Morgan fingerprint density at radius 1 is 1.40 bits per heavy atom. The molecule has 0 aromatic heterocycles. The lowest BCUT2D eigenvalue weighted by molar-refractivity contribution is -0.384. The maximum Gasteiger partial charge on any atom is 0.420 e. The second-order valence-electron chi connectivity index (χ2n) is 4.16. The summed E-state index contributed by atoms with van der Waals surface area (Å²) < 4.78 is 43.4. The molecule has 1 atom stereocenters. The maximum atomic E-state index is 12.9. The number of nitro benzene ring substituents is 1. The molecule has 0 fully saturated rings. The monoisotopic (exact) mass is 289 g/mol. The number of nitrogens with zero attached hydrogens (tertiary/aromatic N) is 3. The highest BCUT2D eigenvalue weighted by molar-refractivity contribution is 6.04. The summed E-state index contributed by atoms with van der Waals surface area (Å²) in [6, 6.07) is 4.69. The second-order valence-corrected chi connectivity index (χ2v) is 4.16. The SMILES string of the molecule is CN1COC(C(F)(F)F)C(c2ccc([N+](=O)[O-])cc2)=N1. The third-order valence-electron chi connectivity index (χ3n) is 2.63. The van der Waals surface area contributed by atoms with Gasteiger partial charge in [0.05, 0.1) is 4.92 Å². The molecule has 0 amide bonds. The molecule has 108 valence electrons. The van der Waals surface area contributed by atoms with Gasteiger partial charge in [0, 0.05) is 24.7 Å². The van der Waals surface area contributed by atoms with Crippen LogP contribution < -0.4 is 0 Å². The molecule has 0 aliphatic carbocycles. The van der Waals surface area contributed by atoms with Gasteiger partial charge in [0.25, 0.3) is 5.69 Å². The molecule has 1 unspecified atom stereocenters. The van der Waals surface area contributed by atoms with E-state index in [-0.39, 0.29) is 23.7 Å². The zero-order valence-corrected chi connectivity index (χ0v) is 10.3. The summed E-state index contributed by atoms with van der Waals surface area (Å²) in [5, 5.41) is 15.6. The van der Waals surface area contributed by atoms with Crippen molar-refractivity contribution >= 4 is 11.4 Å². The van der Waals surface area contributed by atoms with Gasteiger partial charge < -0.3 is 4.74 Å². The molecule has 6 nitrogen and oxygen atoms in total. The molecular formula is C11H10F3N3O3. The molecule has 20 heavy (non-hydrogen) atoms. The lowest BCUT2D eigenvalue weighted by atomic mass is 10.0. The minimum Gasteiger partial charge on any atom is -0.340 e. The Morgan fingerprint density at radius 2 is 2.00 bits per heavy atom. The largest absolute Gasteiger partial charge is 0.420 e. The highest BCUT2D eigenvalue weighted by Gasteiger charge is 2.46. The van der Waals surface area contributed by atoms with Crippen molar-refractivity contribution in [2.24, 2.45) is 5.10 Å². The van der Waals surface area contributed by atoms with E-state index in [2.05, 4.69) is 5.10 Å². The van der Waals surface area contributed by atoms with Crippen LogP contribution in [0.15, 0.2) is 29.4 Å². The molecule has 1 aromatic rings. The van der Waals surface area contributed by atoms with E-state index < -0.39 is 17.2 Å². The number of hydrogen-bond acceptors (Lipinski definition) is 5. The molecule has 0 radical (unpaired) electrons. The third kappa shape index (κ3) is 2.87. The molecule has 0 bridgehead atoms. The van der Waals surface area contributed by atoms with Crippen molar-refractivity contribution in [3.8, 4) is 0 Å². The number of hydrazone groups is 1. The average molecular weight is 289 g/mol. The predicted octanol–water partition coefficient (Wildman–Crippen LogP) is 2.15. The van der Waals surface area contributed by atoms with Crippen LogP contribution in [0.3, 0.4) is 0 Å². The Hall–Kier alpha value is -2.16. The molecule has 0 saturated heterocycles. The van der Waals surface area contributed by atoms with Crippen molar-refractivity contribution in [1.82, 2.24) is 5.01 Å².